The average molecular weight is 371 g/mol. The smallest absolute Gasteiger partial charge is 0.328 e. The Labute approximate surface area is 156 Å². The molecule has 2 aromatic rings. The molecular formula is C20H19ClN2O3. The number of nitrogens with one attached hydrogen (secondary N) is 2. The summed E-state index contributed by atoms with van der Waals surface area (Å²) in [7, 11) is 0. The molecule has 0 unspecified atom stereocenters. The molecule has 3 rings (SSSR count). The molecule has 1 fully saturated rings. The Balaban J connectivity index is 1.81. The maximum atomic E-state index is 13.1. The van der Waals surface area contributed by atoms with Crippen LogP contribution in [0.4, 0.5) is 5.69 Å². The van der Waals surface area contributed by atoms with Gasteiger partial charge in [-0.3, -0.25) is 4.79 Å². The van der Waals surface area contributed by atoms with Gasteiger partial charge in [0.05, 0.1) is 0 Å². The Hall–Kier alpha value is -2.63. The summed E-state index contributed by atoms with van der Waals surface area (Å²) in [5.41, 5.74) is 1.49. The van der Waals surface area contributed by atoms with Gasteiger partial charge >= 0.3 is 5.97 Å². The topological polar surface area (TPSA) is 78.4 Å². The van der Waals surface area contributed by atoms with Gasteiger partial charge in [0, 0.05) is 28.9 Å². The van der Waals surface area contributed by atoms with Crippen molar-refractivity contribution in [3.8, 4) is 0 Å². The van der Waals surface area contributed by atoms with Crippen LogP contribution in [0.2, 0.25) is 5.02 Å². The minimum atomic E-state index is -0.989. The van der Waals surface area contributed by atoms with Gasteiger partial charge in [0.25, 0.3) is 0 Å². The zero-order valence-corrected chi connectivity index (χ0v) is 14.8. The first-order valence-corrected chi connectivity index (χ1v) is 8.67. The van der Waals surface area contributed by atoms with E-state index in [9.17, 15) is 9.59 Å². The highest BCUT2D eigenvalue weighted by Crippen LogP contribution is 2.27. The lowest BCUT2D eigenvalue weighted by atomic mass is 9.88. The van der Waals surface area contributed by atoms with Crippen molar-refractivity contribution in [2.75, 3.05) is 18.4 Å². The predicted octanol–water partition coefficient (Wildman–Crippen LogP) is 3.46. The third-order valence-corrected chi connectivity index (χ3v) is 4.66. The highest BCUT2D eigenvalue weighted by Gasteiger charge is 2.41. The molecule has 1 atom stereocenters. The zero-order chi connectivity index (χ0) is 18.6. The van der Waals surface area contributed by atoms with Crippen LogP contribution in [0.15, 0.2) is 54.6 Å². The van der Waals surface area contributed by atoms with E-state index in [0.717, 1.165) is 23.9 Å². The van der Waals surface area contributed by atoms with Crippen LogP contribution in [0.3, 0.4) is 0 Å². The molecular weight excluding hydrogens is 352 g/mol. The normalized spacial score (nSPS) is 19.6. The number of anilines is 1. The fourth-order valence-electron chi connectivity index (χ4n) is 3.05. The lowest BCUT2D eigenvalue weighted by molar-refractivity contribution is -0.131. The van der Waals surface area contributed by atoms with Gasteiger partial charge in [-0.1, -0.05) is 23.7 Å². The molecule has 1 aliphatic rings. The van der Waals surface area contributed by atoms with Crippen molar-refractivity contribution in [3.63, 3.8) is 0 Å². The van der Waals surface area contributed by atoms with E-state index in [0.29, 0.717) is 23.6 Å². The number of carboxylic acids is 1. The summed E-state index contributed by atoms with van der Waals surface area (Å²) in [4.78, 5) is 23.7. The standard InChI is InChI=1S/C20H19ClN2O3/c21-16-6-4-15(5-7-16)19(26)20(11-12-22-13-20)23-17-8-1-14(2-9-17)3-10-18(24)25/h1-10,22-23H,11-13H2,(H,24,25)/t20-/m1/s1. The van der Waals surface area contributed by atoms with Crippen LogP contribution in [-0.2, 0) is 4.79 Å². The van der Waals surface area contributed by atoms with E-state index in [1.807, 2.05) is 24.3 Å². The molecule has 0 radical (unpaired) electrons. The number of ketones is 1. The number of Topliss-reactive ketones (excluding diaryl/α,β-unsaturated/α-hetero) is 1. The Bertz CT molecular complexity index is 823. The second kappa shape index (κ2) is 7.72. The Morgan fingerprint density at radius 1 is 1.12 bits per heavy atom. The van der Waals surface area contributed by atoms with Crippen LogP contribution in [0.5, 0.6) is 0 Å². The van der Waals surface area contributed by atoms with Gasteiger partial charge in [0.1, 0.15) is 5.54 Å². The van der Waals surface area contributed by atoms with Gasteiger partial charge in [-0.25, -0.2) is 4.79 Å². The lowest BCUT2D eigenvalue weighted by Gasteiger charge is -2.29. The Morgan fingerprint density at radius 2 is 1.81 bits per heavy atom. The minimum Gasteiger partial charge on any atom is -0.478 e. The number of rotatable bonds is 6. The van der Waals surface area contributed by atoms with Gasteiger partial charge in [0.15, 0.2) is 5.78 Å². The number of carbonyl (C=O) groups excluding carboxylic acids is 1. The van der Waals surface area contributed by atoms with Gasteiger partial charge in [-0.2, -0.15) is 0 Å². The monoisotopic (exact) mass is 370 g/mol. The molecule has 0 saturated carbocycles. The maximum Gasteiger partial charge on any atom is 0.328 e. The van der Waals surface area contributed by atoms with E-state index in [-0.39, 0.29) is 5.78 Å². The largest absolute Gasteiger partial charge is 0.478 e. The highest BCUT2D eigenvalue weighted by molar-refractivity contribution is 6.30. The molecule has 1 aliphatic heterocycles. The molecule has 1 saturated heterocycles. The summed E-state index contributed by atoms with van der Waals surface area (Å²) in [5.74, 6) is -0.967. The van der Waals surface area contributed by atoms with Crippen molar-refractivity contribution in [1.29, 1.82) is 0 Å². The molecule has 2 aromatic carbocycles. The Kier molecular flexibility index (Phi) is 5.40. The number of halogens is 1. The molecule has 0 aliphatic carbocycles. The number of hydrogen-bond acceptors (Lipinski definition) is 4. The molecule has 0 amide bonds. The first-order valence-electron chi connectivity index (χ1n) is 8.29. The lowest BCUT2D eigenvalue weighted by Crippen LogP contribution is -2.48. The van der Waals surface area contributed by atoms with Crippen molar-refractivity contribution in [1.82, 2.24) is 5.32 Å². The molecule has 0 bridgehead atoms. The van der Waals surface area contributed by atoms with Crippen LogP contribution < -0.4 is 10.6 Å². The zero-order valence-electron chi connectivity index (χ0n) is 14.0. The average Bonchev–Trinajstić information content (AvgIpc) is 3.11. The quantitative estimate of drug-likeness (QED) is 0.536. The number of carboxylic acid groups (broad SMARTS) is 1. The van der Waals surface area contributed by atoms with Crippen molar-refractivity contribution < 1.29 is 14.7 Å². The molecule has 1 heterocycles. The van der Waals surface area contributed by atoms with Crippen LogP contribution in [0.25, 0.3) is 6.08 Å². The minimum absolute atomic E-state index is 0.0222. The third-order valence-electron chi connectivity index (χ3n) is 4.41. The number of carbonyl (C=O) groups is 2. The van der Waals surface area contributed by atoms with Gasteiger partial charge < -0.3 is 15.7 Å². The number of hydrogen-bond donors (Lipinski definition) is 3. The van der Waals surface area contributed by atoms with Crippen molar-refractivity contribution >= 4 is 35.1 Å². The molecule has 134 valence electrons. The van der Waals surface area contributed by atoms with Crippen LogP contribution in [0.1, 0.15) is 22.3 Å². The first kappa shape index (κ1) is 18.2. The molecule has 3 N–H and O–H groups in total. The second-order valence-electron chi connectivity index (χ2n) is 6.26. The van der Waals surface area contributed by atoms with Crippen molar-refractivity contribution in [2.24, 2.45) is 0 Å². The predicted molar refractivity (Wildman–Crippen MR) is 103 cm³/mol. The fourth-order valence-corrected chi connectivity index (χ4v) is 3.17. The van der Waals surface area contributed by atoms with Gasteiger partial charge in [-0.15, -0.1) is 0 Å². The van der Waals surface area contributed by atoms with Crippen molar-refractivity contribution in [2.45, 2.75) is 12.0 Å². The summed E-state index contributed by atoms with van der Waals surface area (Å²) >= 11 is 5.92. The molecule has 5 nitrogen and oxygen atoms in total. The number of aliphatic carboxylic acids is 1. The summed E-state index contributed by atoms with van der Waals surface area (Å²) in [6.07, 6.45) is 3.29. The first-order chi connectivity index (χ1) is 12.5. The summed E-state index contributed by atoms with van der Waals surface area (Å²) in [5, 5.41) is 15.9. The molecule has 0 spiro atoms. The summed E-state index contributed by atoms with van der Waals surface area (Å²) in [6, 6.07) is 14.2. The van der Waals surface area contributed by atoms with Crippen LogP contribution in [-0.4, -0.2) is 35.5 Å². The van der Waals surface area contributed by atoms with Crippen molar-refractivity contribution in [3.05, 3.63) is 70.8 Å². The van der Waals surface area contributed by atoms with E-state index in [4.69, 9.17) is 16.7 Å². The van der Waals surface area contributed by atoms with E-state index in [1.54, 1.807) is 24.3 Å². The second-order valence-corrected chi connectivity index (χ2v) is 6.70. The summed E-state index contributed by atoms with van der Waals surface area (Å²) < 4.78 is 0. The highest BCUT2D eigenvalue weighted by atomic mass is 35.5. The van der Waals surface area contributed by atoms with E-state index >= 15 is 0 Å². The van der Waals surface area contributed by atoms with Gasteiger partial charge in [0.2, 0.25) is 0 Å². The van der Waals surface area contributed by atoms with E-state index < -0.39 is 11.5 Å². The van der Waals surface area contributed by atoms with E-state index in [1.165, 1.54) is 6.08 Å². The molecule has 6 heteroatoms. The molecule has 0 aromatic heterocycles. The SMILES string of the molecule is O=C(O)C=Cc1ccc(N[C@]2(C(=O)c3ccc(Cl)cc3)CCNC2)cc1. The van der Waals surface area contributed by atoms with Crippen LogP contribution in [0, 0.1) is 0 Å². The van der Waals surface area contributed by atoms with Gasteiger partial charge in [-0.05, 0) is 61.0 Å². The third kappa shape index (κ3) is 4.12. The molecule has 26 heavy (non-hydrogen) atoms. The van der Waals surface area contributed by atoms with E-state index in [2.05, 4.69) is 10.6 Å². The fraction of sp³-hybridized carbons (Fsp3) is 0.200. The maximum absolute atomic E-state index is 13.1. The number of benzene rings is 2. The Morgan fingerprint density at radius 3 is 2.38 bits per heavy atom. The van der Waals surface area contributed by atoms with Crippen LogP contribution >= 0.6 is 11.6 Å². The summed E-state index contributed by atoms with van der Waals surface area (Å²) in [6.45, 7) is 1.29.